The van der Waals surface area contributed by atoms with Crippen LogP contribution in [-0.4, -0.2) is 0 Å². The van der Waals surface area contributed by atoms with Gasteiger partial charge in [-0.15, -0.1) is 0 Å². The van der Waals surface area contributed by atoms with Gasteiger partial charge in [0, 0.05) is 0 Å². The number of rotatable bonds is 6. The molecule has 0 radical (unpaired) electrons. The van der Waals surface area contributed by atoms with E-state index < -0.39 is 0 Å². The minimum atomic E-state index is 0.571. The van der Waals surface area contributed by atoms with Gasteiger partial charge in [-0.1, -0.05) is 74.3 Å². The Bertz CT molecular complexity index is 375. The molecule has 0 unspecified atom stereocenters. The molecule has 1 atom stereocenters. The van der Waals surface area contributed by atoms with E-state index in [1.54, 1.807) is 11.6 Å². The first kappa shape index (κ1) is 13.5. The standard InChI is InChI=1S/C17H22/c1-4-5-9-15(2)12-13-16(3)14-17-10-7-6-8-11-17/h4-7,9-10,12-13,16H,1-2,8,11,14H2,3H3/b9-5-,13-12+/t16-/m1/s1. The molecule has 17 heavy (non-hydrogen) atoms. The van der Waals surface area contributed by atoms with Crippen molar-refractivity contribution < 1.29 is 0 Å². The molecule has 0 aliphatic heterocycles. The van der Waals surface area contributed by atoms with E-state index in [4.69, 9.17) is 0 Å². The minimum Gasteiger partial charge on any atom is -0.0991 e. The molecule has 1 aliphatic carbocycles. The maximum absolute atomic E-state index is 3.96. The van der Waals surface area contributed by atoms with Crippen molar-refractivity contribution in [2.24, 2.45) is 5.92 Å². The summed E-state index contributed by atoms with van der Waals surface area (Å²) >= 11 is 0. The lowest BCUT2D eigenvalue weighted by atomic mass is 9.94. The van der Waals surface area contributed by atoms with Crippen molar-refractivity contribution in [2.45, 2.75) is 26.2 Å². The zero-order valence-electron chi connectivity index (χ0n) is 10.7. The van der Waals surface area contributed by atoms with Gasteiger partial charge in [-0.2, -0.15) is 0 Å². The molecule has 1 rings (SSSR count). The Morgan fingerprint density at radius 3 is 2.94 bits per heavy atom. The molecule has 0 aromatic rings. The summed E-state index contributed by atoms with van der Waals surface area (Å²) in [6.45, 7) is 9.85. The lowest BCUT2D eigenvalue weighted by Crippen LogP contribution is -1.95. The molecule has 0 amide bonds. The average molecular weight is 226 g/mol. The van der Waals surface area contributed by atoms with Crippen LogP contribution < -0.4 is 0 Å². The first-order valence-electron chi connectivity index (χ1n) is 6.23. The molecule has 0 bridgehead atoms. The van der Waals surface area contributed by atoms with Gasteiger partial charge < -0.3 is 0 Å². The summed E-state index contributed by atoms with van der Waals surface area (Å²) in [6, 6.07) is 0. The van der Waals surface area contributed by atoms with Crippen LogP contribution in [0.4, 0.5) is 0 Å². The van der Waals surface area contributed by atoms with Crippen molar-refractivity contribution in [3.05, 3.63) is 72.9 Å². The monoisotopic (exact) mass is 226 g/mol. The highest BCUT2D eigenvalue weighted by molar-refractivity contribution is 5.29. The van der Waals surface area contributed by atoms with Gasteiger partial charge in [-0.3, -0.25) is 0 Å². The van der Waals surface area contributed by atoms with Crippen LogP contribution in [0.2, 0.25) is 0 Å². The Morgan fingerprint density at radius 2 is 2.29 bits per heavy atom. The van der Waals surface area contributed by atoms with E-state index in [1.807, 2.05) is 12.2 Å². The summed E-state index contributed by atoms with van der Waals surface area (Å²) in [6.07, 6.45) is 20.2. The molecule has 0 aromatic heterocycles. The van der Waals surface area contributed by atoms with Gasteiger partial charge in [0.1, 0.15) is 0 Å². The van der Waals surface area contributed by atoms with Crippen molar-refractivity contribution in [1.82, 2.24) is 0 Å². The van der Waals surface area contributed by atoms with Crippen molar-refractivity contribution >= 4 is 0 Å². The lowest BCUT2D eigenvalue weighted by Gasteiger charge is -2.12. The van der Waals surface area contributed by atoms with E-state index in [0.717, 1.165) is 12.0 Å². The number of hydrogen-bond donors (Lipinski definition) is 0. The van der Waals surface area contributed by atoms with Gasteiger partial charge in [-0.25, -0.2) is 0 Å². The quantitative estimate of drug-likeness (QED) is 0.550. The SMILES string of the molecule is C=C/C=C\C(=C)/C=C/[C@@H](C)CC1=CC=CCC1. The molecule has 0 aromatic carbocycles. The topological polar surface area (TPSA) is 0 Å². The van der Waals surface area contributed by atoms with E-state index in [2.05, 4.69) is 50.5 Å². The summed E-state index contributed by atoms with van der Waals surface area (Å²) in [5.74, 6) is 0.571. The normalized spacial score (nSPS) is 17.4. The number of allylic oxidation sites excluding steroid dienone is 10. The van der Waals surface area contributed by atoms with E-state index in [-0.39, 0.29) is 0 Å². The summed E-state index contributed by atoms with van der Waals surface area (Å²) in [7, 11) is 0. The second-order valence-electron chi connectivity index (χ2n) is 4.50. The smallest absolute Gasteiger partial charge is 0.0221 e. The zero-order chi connectivity index (χ0) is 12.5. The second kappa shape index (κ2) is 7.67. The van der Waals surface area contributed by atoms with Crippen LogP contribution in [0.15, 0.2) is 72.9 Å². The molecule has 90 valence electrons. The Balaban J connectivity index is 2.40. The minimum absolute atomic E-state index is 0.571. The Morgan fingerprint density at radius 1 is 1.47 bits per heavy atom. The molecular weight excluding hydrogens is 204 g/mol. The molecule has 1 aliphatic rings. The van der Waals surface area contributed by atoms with Crippen molar-refractivity contribution in [1.29, 1.82) is 0 Å². The summed E-state index contributed by atoms with van der Waals surface area (Å²) in [5.41, 5.74) is 2.58. The maximum Gasteiger partial charge on any atom is -0.0221 e. The fraction of sp³-hybridized carbons (Fsp3) is 0.294. The molecule has 0 fully saturated rings. The van der Waals surface area contributed by atoms with Gasteiger partial charge in [0.2, 0.25) is 0 Å². The molecular formula is C17H22. The second-order valence-corrected chi connectivity index (χ2v) is 4.50. The van der Waals surface area contributed by atoms with Gasteiger partial charge in [0.15, 0.2) is 0 Å². The molecule has 0 spiro atoms. The van der Waals surface area contributed by atoms with E-state index >= 15 is 0 Å². The van der Waals surface area contributed by atoms with Crippen LogP contribution in [-0.2, 0) is 0 Å². The molecule has 0 N–H and O–H groups in total. The van der Waals surface area contributed by atoms with Crippen LogP contribution in [0.3, 0.4) is 0 Å². The molecule has 0 saturated carbocycles. The summed E-state index contributed by atoms with van der Waals surface area (Å²) in [4.78, 5) is 0. The largest absolute Gasteiger partial charge is 0.0991 e. The van der Waals surface area contributed by atoms with Crippen LogP contribution in [0.5, 0.6) is 0 Å². The fourth-order valence-corrected chi connectivity index (χ4v) is 1.84. The average Bonchev–Trinajstić information content (AvgIpc) is 2.35. The van der Waals surface area contributed by atoms with Crippen LogP contribution in [0.25, 0.3) is 0 Å². The predicted molar refractivity (Wildman–Crippen MR) is 77.9 cm³/mol. The Kier molecular flexibility index (Phi) is 6.09. The Hall–Kier alpha value is -1.56. The Labute approximate surface area is 105 Å². The van der Waals surface area contributed by atoms with Crippen molar-refractivity contribution in [3.8, 4) is 0 Å². The molecule has 0 nitrogen and oxygen atoms in total. The third kappa shape index (κ3) is 5.91. The zero-order valence-corrected chi connectivity index (χ0v) is 10.7. The van der Waals surface area contributed by atoms with Crippen LogP contribution in [0.1, 0.15) is 26.2 Å². The maximum atomic E-state index is 3.96. The van der Waals surface area contributed by atoms with Crippen LogP contribution in [0, 0.1) is 5.92 Å². The van der Waals surface area contributed by atoms with Gasteiger partial charge in [0.25, 0.3) is 0 Å². The van der Waals surface area contributed by atoms with Crippen LogP contribution >= 0.6 is 0 Å². The fourth-order valence-electron chi connectivity index (χ4n) is 1.84. The summed E-state index contributed by atoms with van der Waals surface area (Å²) in [5, 5.41) is 0. The van der Waals surface area contributed by atoms with Gasteiger partial charge in [0.05, 0.1) is 0 Å². The first-order chi connectivity index (χ1) is 8.22. The number of hydrogen-bond acceptors (Lipinski definition) is 0. The first-order valence-corrected chi connectivity index (χ1v) is 6.23. The summed E-state index contributed by atoms with van der Waals surface area (Å²) < 4.78 is 0. The molecule has 0 saturated heterocycles. The highest BCUT2D eigenvalue weighted by Gasteiger charge is 2.03. The van der Waals surface area contributed by atoms with E-state index in [9.17, 15) is 0 Å². The van der Waals surface area contributed by atoms with E-state index in [1.165, 1.54) is 12.8 Å². The molecule has 0 heterocycles. The highest BCUT2D eigenvalue weighted by atomic mass is 14.1. The van der Waals surface area contributed by atoms with Gasteiger partial charge >= 0.3 is 0 Å². The third-order valence-corrected chi connectivity index (χ3v) is 2.77. The van der Waals surface area contributed by atoms with Crippen molar-refractivity contribution in [2.75, 3.05) is 0 Å². The highest BCUT2D eigenvalue weighted by Crippen LogP contribution is 2.20. The van der Waals surface area contributed by atoms with Gasteiger partial charge in [-0.05, 0) is 30.8 Å². The third-order valence-electron chi connectivity index (χ3n) is 2.77. The van der Waals surface area contributed by atoms with Crippen molar-refractivity contribution in [3.63, 3.8) is 0 Å². The lowest BCUT2D eigenvalue weighted by molar-refractivity contribution is 0.687. The predicted octanol–water partition coefficient (Wildman–Crippen LogP) is 5.14. The van der Waals surface area contributed by atoms with E-state index in [0.29, 0.717) is 5.92 Å². The molecule has 0 heteroatoms.